The molecule has 0 amide bonds. The molecule has 3 heteroatoms. The largest absolute Gasteiger partial charge is 0.497 e. The van der Waals surface area contributed by atoms with Gasteiger partial charge in [0.1, 0.15) is 11.5 Å². The van der Waals surface area contributed by atoms with Gasteiger partial charge in [0.15, 0.2) is 0 Å². The summed E-state index contributed by atoms with van der Waals surface area (Å²) in [7, 11) is 1.66. The molecule has 0 saturated carbocycles. The van der Waals surface area contributed by atoms with E-state index in [-0.39, 0.29) is 6.04 Å². The molecule has 0 aliphatic rings. The summed E-state index contributed by atoms with van der Waals surface area (Å²) in [5.41, 5.74) is 5.96. The molecule has 0 spiro atoms. The lowest BCUT2D eigenvalue weighted by atomic mass is 9.98. The van der Waals surface area contributed by atoms with Crippen LogP contribution < -0.4 is 15.2 Å². The summed E-state index contributed by atoms with van der Waals surface area (Å²) in [6.07, 6.45) is 2.00. The molecule has 0 fully saturated rings. The van der Waals surface area contributed by atoms with Crippen molar-refractivity contribution >= 4 is 0 Å². The number of ether oxygens (including phenoxy) is 2. The highest BCUT2D eigenvalue weighted by Gasteiger charge is 2.10. The van der Waals surface area contributed by atoms with Crippen LogP contribution in [0.5, 0.6) is 11.5 Å². The SMILES string of the molecule is CCC(N)C(C)CCOc1ccc(OC)cc1. The number of hydrogen-bond acceptors (Lipinski definition) is 3. The van der Waals surface area contributed by atoms with Crippen LogP contribution >= 0.6 is 0 Å². The maximum atomic E-state index is 5.96. The van der Waals surface area contributed by atoms with Crippen molar-refractivity contribution < 1.29 is 9.47 Å². The summed E-state index contributed by atoms with van der Waals surface area (Å²) in [6.45, 7) is 5.00. The summed E-state index contributed by atoms with van der Waals surface area (Å²) >= 11 is 0. The minimum absolute atomic E-state index is 0.273. The van der Waals surface area contributed by atoms with Crippen molar-refractivity contribution in [3.8, 4) is 11.5 Å². The van der Waals surface area contributed by atoms with E-state index in [2.05, 4.69) is 13.8 Å². The zero-order valence-corrected chi connectivity index (χ0v) is 11.0. The molecular weight excluding hydrogens is 214 g/mol. The van der Waals surface area contributed by atoms with E-state index in [1.807, 2.05) is 24.3 Å². The van der Waals surface area contributed by atoms with Crippen LogP contribution in [0.4, 0.5) is 0 Å². The molecule has 0 saturated heterocycles. The van der Waals surface area contributed by atoms with Crippen molar-refractivity contribution in [3.05, 3.63) is 24.3 Å². The minimum atomic E-state index is 0.273. The topological polar surface area (TPSA) is 44.5 Å². The summed E-state index contributed by atoms with van der Waals surface area (Å²) in [6, 6.07) is 7.91. The summed E-state index contributed by atoms with van der Waals surface area (Å²) in [5.74, 6) is 2.22. The molecule has 17 heavy (non-hydrogen) atoms. The number of rotatable bonds is 7. The lowest BCUT2D eigenvalue weighted by Crippen LogP contribution is -2.28. The summed E-state index contributed by atoms with van der Waals surface area (Å²) in [5, 5.41) is 0. The van der Waals surface area contributed by atoms with E-state index >= 15 is 0 Å². The van der Waals surface area contributed by atoms with Gasteiger partial charge < -0.3 is 15.2 Å². The average molecular weight is 237 g/mol. The maximum absolute atomic E-state index is 5.96. The molecule has 1 aromatic carbocycles. The highest BCUT2D eigenvalue weighted by molar-refractivity contribution is 5.31. The molecule has 0 radical (unpaired) electrons. The second kappa shape index (κ2) is 7.17. The third kappa shape index (κ3) is 4.65. The maximum Gasteiger partial charge on any atom is 0.119 e. The van der Waals surface area contributed by atoms with E-state index in [0.717, 1.165) is 24.3 Å². The van der Waals surface area contributed by atoms with Gasteiger partial charge in [0, 0.05) is 6.04 Å². The van der Waals surface area contributed by atoms with E-state index in [1.165, 1.54) is 0 Å². The van der Waals surface area contributed by atoms with Crippen LogP contribution in [0.15, 0.2) is 24.3 Å². The van der Waals surface area contributed by atoms with Gasteiger partial charge in [-0.05, 0) is 43.0 Å². The Morgan fingerprint density at radius 2 is 1.76 bits per heavy atom. The Hall–Kier alpha value is -1.22. The number of benzene rings is 1. The molecule has 0 aliphatic carbocycles. The standard InChI is InChI=1S/C14H23NO2/c1-4-14(15)11(2)9-10-17-13-7-5-12(16-3)6-8-13/h5-8,11,14H,4,9-10,15H2,1-3H3. The van der Waals surface area contributed by atoms with E-state index in [4.69, 9.17) is 15.2 Å². The van der Waals surface area contributed by atoms with Gasteiger partial charge in [-0.3, -0.25) is 0 Å². The van der Waals surface area contributed by atoms with E-state index in [0.29, 0.717) is 12.5 Å². The Morgan fingerprint density at radius 1 is 1.18 bits per heavy atom. The van der Waals surface area contributed by atoms with Gasteiger partial charge in [-0.15, -0.1) is 0 Å². The predicted molar refractivity (Wildman–Crippen MR) is 70.5 cm³/mol. The van der Waals surface area contributed by atoms with E-state index in [1.54, 1.807) is 7.11 Å². The zero-order valence-electron chi connectivity index (χ0n) is 11.0. The van der Waals surface area contributed by atoms with Crippen molar-refractivity contribution in [1.29, 1.82) is 0 Å². The fourth-order valence-corrected chi connectivity index (χ4v) is 1.65. The van der Waals surface area contributed by atoms with Crippen LogP contribution in [-0.2, 0) is 0 Å². The predicted octanol–water partition coefficient (Wildman–Crippen LogP) is 2.84. The van der Waals surface area contributed by atoms with Crippen LogP contribution in [0.25, 0.3) is 0 Å². The smallest absolute Gasteiger partial charge is 0.119 e. The normalized spacial score (nSPS) is 14.1. The van der Waals surface area contributed by atoms with E-state index in [9.17, 15) is 0 Å². The van der Waals surface area contributed by atoms with Gasteiger partial charge in [-0.25, -0.2) is 0 Å². The molecule has 3 nitrogen and oxygen atoms in total. The van der Waals surface area contributed by atoms with Crippen LogP contribution in [0, 0.1) is 5.92 Å². The highest BCUT2D eigenvalue weighted by Crippen LogP contribution is 2.18. The van der Waals surface area contributed by atoms with Crippen LogP contribution in [0.1, 0.15) is 26.7 Å². The van der Waals surface area contributed by atoms with Gasteiger partial charge in [-0.2, -0.15) is 0 Å². The third-order valence-electron chi connectivity index (χ3n) is 3.10. The fourth-order valence-electron chi connectivity index (χ4n) is 1.65. The number of nitrogens with two attached hydrogens (primary N) is 1. The van der Waals surface area contributed by atoms with Gasteiger partial charge in [0.2, 0.25) is 0 Å². The summed E-state index contributed by atoms with van der Waals surface area (Å²) in [4.78, 5) is 0. The molecule has 2 unspecified atom stereocenters. The Labute approximate surface area is 104 Å². The minimum Gasteiger partial charge on any atom is -0.497 e. The van der Waals surface area contributed by atoms with Crippen LogP contribution in [0.3, 0.4) is 0 Å². The quantitative estimate of drug-likeness (QED) is 0.793. The second-order valence-electron chi connectivity index (χ2n) is 4.36. The van der Waals surface area contributed by atoms with Crippen LogP contribution in [0.2, 0.25) is 0 Å². The Bertz CT molecular complexity index is 311. The number of hydrogen-bond donors (Lipinski definition) is 1. The molecule has 0 aliphatic heterocycles. The van der Waals surface area contributed by atoms with Crippen molar-refractivity contribution in [2.45, 2.75) is 32.7 Å². The first-order chi connectivity index (χ1) is 8.17. The lowest BCUT2D eigenvalue weighted by Gasteiger charge is -2.18. The van der Waals surface area contributed by atoms with Gasteiger partial charge in [0.05, 0.1) is 13.7 Å². The molecule has 0 aromatic heterocycles. The monoisotopic (exact) mass is 237 g/mol. The summed E-state index contributed by atoms with van der Waals surface area (Å²) < 4.78 is 10.7. The van der Waals surface area contributed by atoms with Gasteiger partial charge in [-0.1, -0.05) is 13.8 Å². The van der Waals surface area contributed by atoms with Crippen LogP contribution in [-0.4, -0.2) is 19.8 Å². The van der Waals surface area contributed by atoms with Crippen molar-refractivity contribution in [3.63, 3.8) is 0 Å². The molecule has 0 heterocycles. The van der Waals surface area contributed by atoms with E-state index < -0.39 is 0 Å². The highest BCUT2D eigenvalue weighted by atomic mass is 16.5. The molecule has 2 N–H and O–H groups in total. The average Bonchev–Trinajstić information content (AvgIpc) is 2.38. The van der Waals surface area contributed by atoms with Gasteiger partial charge in [0.25, 0.3) is 0 Å². The van der Waals surface area contributed by atoms with Crippen molar-refractivity contribution in [2.24, 2.45) is 11.7 Å². The first kappa shape index (κ1) is 13.8. The number of methoxy groups -OCH3 is 1. The molecule has 2 atom stereocenters. The molecule has 0 bridgehead atoms. The van der Waals surface area contributed by atoms with Crippen molar-refractivity contribution in [1.82, 2.24) is 0 Å². The van der Waals surface area contributed by atoms with Crippen molar-refractivity contribution in [2.75, 3.05) is 13.7 Å². The Balaban J connectivity index is 2.30. The third-order valence-corrected chi connectivity index (χ3v) is 3.10. The molecule has 1 aromatic rings. The Kier molecular flexibility index (Phi) is 5.84. The zero-order chi connectivity index (χ0) is 12.7. The second-order valence-corrected chi connectivity index (χ2v) is 4.36. The Morgan fingerprint density at radius 3 is 2.29 bits per heavy atom. The molecule has 1 rings (SSSR count). The first-order valence-electron chi connectivity index (χ1n) is 6.19. The lowest BCUT2D eigenvalue weighted by molar-refractivity contribution is 0.267. The first-order valence-corrected chi connectivity index (χ1v) is 6.19. The molecule has 96 valence electrons. The fraction of sp³-hybridized carbons (Fsp3) is 0.571. The molecular formula is C14H23NO2. The van der Waals surface area contributed by atoms with Gasteiger partial charge >= 0.3 is 0 Å².